The van der Waals surface area contributed by atoms with Crippen molar-refractivity contribution in [1.82, 2.24) is 4.90 Å². The van der Waals surface area contributed by atoms with Crippen LogP contribution in [0.5, 0.6) is 0 Å². The van der Waals surface area contributed by atoms with Crippen LogP contribution in [0.25, 0.3) is 0 Å². The Bertz CT molecular complexity index is 997. The lowest BCUT2D eigenvalue weighted by Crippen LogP contribution is -2.36. The van der Waals surface area contributed by atoms with Crippen molar-refractivity contribution in [2.45, 2.75) is 32.2 Å². The van der Waals surface area contributed by atoms with Crippen molar-refractivity contribution in [2.75, 3.05) is 5.32 Å². The topological polar surface area (TPSA) is 104 Å². The third-order valence-corrected chi connectivity index (χ3v) is 5.90. The van der Waals surface area contributed by atoms with E-state index < -0.39 is 17.8 Å². The van der Waals surface area contributed by atoms with Gasteiger partial charge in [-0.1, -0.05) is 43.2 Å². The SMILES string of the molecule is O=C(O)[C@H]1CCCC[C@H]1C(=O)Nc1ccccc1CN1C(=O)c2ccccc2C1=O. The first-order chi connectivity index (χ1) is 14.5. The van der Waals surface area contributed by atoms with E-state index in [4.69, 9.17) is 0 Å². The van der Waals surface area contributed by atoms with Crippen LogP contribution in [0.2, 0.25) is 0 Å². The Morgan fingerprint density at radius 2 is 1.47 bits per heavy atom. The standard InChI is InChI=1S/C23H22N2O5/c26-20(15-8-2-5-11-18(15)23(29)30)24-19-12-6-1-7-14(19)13-25-21(27)16-9-3-4-10-17(16)22(25)28/h1,3-4,6-7,9-10,12,15,18H,2,5,8,11,13H2,(H,24,26)(H,29,30)/t15-,18+/m1/s1. The summed E-state index contributed by atoms with van der Waals surface area (Å²) in [6, 6.07) is 13.6. The molecule has 1 fully saturated rings. The van der Waals surface area contributed by atoms with Gasteiger partial charge in [0.15, 0.2) is 0 Å². The number of para-hydroxylation sites is 1. The molecule has 0 aromatic heterocycles. The van der Waals surface area contributed by atoms with Gasteiger partial charge in [-0.05, 0) is 36.6 Å². The van der Waals surface area contributed by atoms with Crippen molar-refractivity contribution in [3.8, 4) is 0 Å². The van der Waals surface area contributed by atoms with Gasteiger partial charge in [0.2, 0.25) is 5.91 Å². The Morgan fingerprint density at radius 3 is 2.10 bits per heavy atom. The summed E-state index contributed by atoms with van der Waals surface area (Å²) in [6.45, 7) is 0.0236. The molecule has 2 aromatic rings. The Hall–Kier alpha value is -3.48. The van der Waals surface area contributed by atoms with Gasteiger partial charge in [-0.25, -0.2) is 0 Å². The molecule has 2 N–H and O–H groups in total. The van der Waals surface area contributed by atoms with E-state index in [9.17, 15) is 24.3 Å². The van der Waals surface area contributed by atoms with Crippen molar-refractivity contribution in [1.29, 1.82) is 0 Å². The number of imide groups is 1. The molecule has 3 amide bonds. The average Bonchev–Trinajstić information content (AvgIpc) is 3.00. The van der Waals surface area contributed by atoms with Gasteiger partial charge < -0.3 is 10.4 Å². The summed E-state index contributed by atoms with van der Waals surface area (Å²) in [4.78, 5) is 50.9. The number of carboxylic acids is 1. The minimum atomic E-state index is -0.950. The second kappa shape index (κ2) is 8.10. The number of amides is 3. The molecule has 2 aliphatic rings. The van der Waals surface area contributed by atoms with Crippen LogP contribution < -0.4 is 5.32 Å². The number of nitrogens with one attached hydrogen (secondary N) is 1. The number of benzene rings is 2. The fourth-order valence-corrected chi connectivity index (χ4v) is 4.30. The van der Waals surface area contributed by atoms with Crippen molar-refractivity contribution >= 4 is 29.4 Å². The van der Waals surface area contributed by atoms with Crippen LogP contribution >= 0.6 is 0 Å². The van der Waals surface area contributed by atoms with Crippen LogP contribution in [0, 0.1) is 11.8 Å². The second-order valence-electron chi connectivity index (χ2n) is 7.72. The van der Waals surface area contributed by atoms with E-state index in [-0.39, 0.29) is 24.3 Å². The zero-order chi connectivity index (χ0) is 21.3. The molecule has 1 aliphatic heterocycles. The lowest BCUT2D eigenvalue weighted by Gasteiger charge is -2.28. The van der Waals surface area contributed by atoms with Crippen LogP contribution in [-0.4, -0.2) is 33.7 Å². The molecule has 1 saturated carbocycles. The average molecular weight is 406 g/mol. The molecule has 0 bridgehead atoms. The quantitative estimate of drug-likeness (QED) is 0.742. The highest BCUT2D eigenvalue weighted by atomic mass is 16.4. The first kappa shape index (κ1) is 19.8. The van der Waals surface area contributed by atoms with Crippen molar-refractivity contribution in [3.05, 3.63) is 65.2 Å². The molecule has 30 heavy (non-hydrogen) atoms. The molecule has 2 atom stereocenters. The number of carboxylic acid groups (broad SMARTS) is 1. The van der Waals surface area contributed by atoms with Gasteiger partial charge in [-0.2, -0.15) is 0 Å². The molecular formula is C23H22N2O5. The van der Waals surface area contributed by atoms with E-state index >= 15 is 0 Å². The maximum atomic E-state index is 12.9. The first-order valence-electron chi connectivity index (χ1n) is 10.0. The van der Waals surface area contributed by atoms with Crippen LogP contribution in [-0.2, 0) is 16.1 Å². The van der Waals surface area contributed by atoms with Gasteiger partial charge in [0.05, 0.1) is 29.5 Å². The summed E-state index contributed by atoms with van der Waals surface area (Å²) in [5, 5.41) is 12.3. The minimum absolute atomic E-state index is 0.0236. The summed E-state index contributed by atoms with van der Waals surface area (Å²) >= 11 is 0. The van der Waals surface area contributed by atoms with E-state index in [1.54, 1.807) is 48.5 Å². The number of fused-ring (bicyclic) bond motifs is 1. The third-order valence-electron chi connectivity index (χ3n) is 5.90. The lowest BCUT2D eigenvalue weighted by atomic mass is 9.78. The molecule has 1 heterocycles. The van der Waals surface area contributed by atoms with E-state index in [1.807, 2.05) is 0 Å². The summed E-state index contributed by atoms with van der Waals surface area (Å²) in [5.41, 5.74) is 1.84. The molecule has 0 radical (unpaired) electrons. The summed E-state index contributed by atoms with van der Waals surface area (Å²) in [5.74, 6) is -3.30. The summed E-state index contributed by atoms with van der Waals surface area (Å²) in [7, 11) is 0. The number of anilines is 1. The number of nitrogens with zero attached hydrogens (tertiary/aromatic N) is 1. The highest BCUT2D eigenvalue weighted by molar-refractivity contribution is 6.21. The van der Waals surface area contributed by atoms with E-state index in [1.165, 1.54) is 0 Å². The van der Waals surface area contributed by atoms with Gasteiger partial charge in [-0.3, -0.25) is 24.1 Å². The maximum absolute atomic E-state index is 12.9. The zero-order valence-electron chi connectivity index (χ0n) is 16.3. The molecule has 7 nitrogen and oxygen atoms in total. The number of aliphatic carboxylic acids is 1. The van der Waals surface area contributed by atoms with Crippen molar-refractivity contribution < 1.29 is 24.3 Å². The predicted molar refractivity (Wildman–Crippen MR) is 109 cm³/mol. The molecule has 154 valence electrons. The van der Waals surface area contributed by atoms with E-state index in [2.05, 4.69) is 5.32 Å². The number of carbonyl (C=O) groups excluding carboxylic acids is 3. The highest BCUT2D eigenvalue weighted by Crippen LogP contribution is 2.32. The Labute approximate surface area is 173 Å². The molecule has 2 aromatic carbocycles. The fraction of sp³-hybridized carbons (Fsp3) is 0.304. The largest absolute Gasteiger partial charge is 0.481 e. The molecule has 0 unspecified atom stereocenters. The lowest BCUT2D eigenvalue weighted by molar-refractivity contribution is -0.147. The Morgan fingerprint density at radius 1 is 0.900 bits per heavy atom. The van der Waals surface area contributed by atoms with Gasteiger partial charge in [0.25, 0.3) is 11.8 Å². The van der Waals surface area contributed by atoms with E-state index in [0.717, 1.165) is 17.7 Å². The number of carbonyl (C=O) groups is 4. The minimum Gasteiger partial charge on any atom is -0.481 e. The van der Waals surface area contributed by atoms with E-state index in [0.29, 0.717) is 35.2 Å². The molecule has 4 rings (SSSR count). The number of hydrogen-bond donors (Lipinski definition) is 2. The van der Waals surface area contributed by atoms with Crippen molar-refractivity contribution in [3.63, 3.8) is 0 Å². The highest BCUT2D eigenvalue weighted by Gasteiger charge is 2.37. The molecule has 1 aliphatic carbocycles. The number of rotatable bonds is 5. The normalized spacial score (nSPS) is 20.7. The third kappa shape index (κ3) is 3.58. The van der Waals surface area contributed by atoms with Gasteiger partial charge >= 0.3 is 5.97 Å². The Kier molecular flexibility index (Phi) is 5.35. The van der Waals surface area contributed by atoms with Gasteiger partial charge in [0, 0.05) is 5.69 Å². The monoisotopic (exact) mass is 406 g/mol. The smallest absolute Gasteiger partial charge is 0.307 e. The van der Waals surface area contributed by atoms with Crippen LogP contribution in [0.3, 0.4) is 0 Å². The van der Waals surface area contributed by atoms with Crippen molar-refractivity contribution in [2.24, 2.45) is 11.8 Å². The fourth-order valence-electron chi connectivity index (χ4n) is 4.30. The van der Waals surface area contributed by atoms with Crippen LogP contribution in [0.4, 0.5) is 5.69 Å². The van der Waals surface area contributed by atoms with Gasteiger partial charge in [0.1, 0.15) is 0 Å². The first-order valence-corrected chi connectivity index (χ1v) is 10.0. The van der Waals surface area contributed by atoms with Crippen LogP contribution in [0.1, 0.15) is 52.0 Å². The van der Waals surface area contributed by atoms with Gasteiger partial charge in [-0.15, -0.1) is 0 Å². The second-order valence-corrected chi connectivity index (χ2v) is 7.72. The Balaban J connectivity index is 1.54. The predicted octanol–water partition coefficient (Wildman–Crippen LogP) is 3.31. The molecular weight excluding hydrogens is 384 g/mol. The number of hydrogen-bond acceptors (Lipinski definition) is 4. The molecule has 0 saturated heterocycles. The van der Waals surface area contributed by atoms with Crippen LogP contribution in [0.15, 0.2) is 48.5 Å². The molecule has 0 spiro atoms. The summed E-state index contributed by atoms with van der Waals surface area (Å²) in [6.07, 6.45) is 2.64. The summed E-state index contributed by atoms with van der Waals surface area (Å²) < 4.78 is 0. The molecule has 7 heteroatoms. The zero-order valence-corrected chi connectivity index (χ0v) is 16.3. The maximum Gasteiger partial charge on any atom is 0.307 e.